The Balaban J connectivity index is 1.02. The molecule has 0 unspecified atom stereocenters. The summed E-state index contributed by atoms with van der Waals surface area (Å²) in [7, 11) is 0. The first-order valence-corrected chi connectivity index (χ1v) is 12.6. The molecule has 1 amide bonds. The van der Waals surface area contributed by atoms with E-state index in [1.54, 1.807) is 16.4 Å². The molecule has 0 spiro atoms. The Morgan fingerprint density at radius 1 is 1.06 bits per heavy atom. The zero-order chi connectivity index (χ0) is 22.4. The maximum absolute atomic E-state index is 15.0. The highest BCUT2D eigenvalue weighted by atomic mass is 32.1. The lowest BCUT2D eigenvalue weighted by molar-refractivity contribution is -0.118. The van der Waals surface area contributed by atoms with Crippen LogP contribution in [0.5, 0.6) is 5.75 Å². The van der Waals surface area contributed by atoms with Gasteiger partial charge in [-0.2, -0.15) is 4.37 Å². The van der Waals surface area contributed by atoms with E-state index in [9.17, 15) is 4.79 Å². The van der Waals surface area contributed by atoms with Crippen LogP contribution in [0.3, 0.4) is 0 Å². The molecule has 8 heteroatoms. The van der Waals surface area contributed by atoms with Crippen molar-refractivity contribution in [3.05, 3.63) is 47.3 Å². The number of hydrogen-bond acceptors (Lipinski definition) is 6. The number of fused-ring (bicyclic) bond motifs is 1. The second-order valence-electron chi connectivity index (χ2n) is 9.00. The molecule has 4 heterocycles. The van der Waals surface area contributed by atoms with Crippen molar-refractivity contribution in [2.75, 3.05) is 55.7 Å². The molecular weight excluding hydrogens is 439 g/mol. The molecule has 0 saturated carbocycles. The average molecular weight is 467 g/mol. The van der Waals surface area contributed by atoms with E-state index < -0.39 is 0 Å². The molecule has 1 aromatic heterocycles. The van der Waals surface area contributed by atoms with E-state index in [1.807, 2.05) is 6.07 Å². The van der Waals surface area contributed by atoms with E-state index >= 15 is 4.39 Å². The lowest BCUT2D eigenvalue weighted by atomic mass is 9.98. The van der Waals surface area contributed by atoms with Crippen LogP contribution in [0.1, 0.15) is 24.0 Å². The third-order valence-electron chi connectivity index (χ3n) is 7.05. The van der Waals surface area contributed by atoms with Gasteiger partial charge in [0.15, 0.2) is 11.6 Å². The highest BCUT2D eigenvalue weighted by Crippen LogP contribution is 2.41. The largest absolute Gasteiger partial charge is 0.490 e. The van der Waals surface area contributed by atoms with Crippen LogP contribution in [0.15, 0.2) is 30.3 Å². The van der Waals surface area contributed by atoms with Crippen molar-refractivity contribution in [3.63, 3.8) is 0 Å². The van der Waals surface area contributed by atoms with Crippen molar-refractivity contribution >= 4 is 39.0 Å². The van der Waals surface area contributed by atoms with Crippen LogP contribution >= 0.6 is 11.5 Å². The molecule has 0 aliphatic carbocycles. The van der Waals surface area contributed by atoms with Crippen LogP contribution in [0.4, 0.5) is 15.9 Å². The molecule has 1 saturated heterocycles. The van der Waals surface area contributed by atoms with Crippen molar-refractivity contribution in [3.8, 4) is 5.75 Å². The summed E-state index contributed by atoms with van der Waals surface area (Å²) in [4.78, 5) is 18.7. The molecule has 6 rings (SSSR count). The van der Waals surface area contributed by atoms with Crippen LogP contribution in [-0.4, -0.2) is 61.1 Å². The third kappa shape index (κ3) is 3.75. The summed E-state index contributed by atoms with van der Waals surface area (Å²) in [6.45, 7) is 6.01. The molecule has 172 valence electrons. The molecule has 0 atom stereocenters. The van der Waals surface area contributed by atoms with Crippen LogP contribution in [0.25, 0.3) is 10.1 Å². The molecule has 0 N–H and O–H groups in total. The van der Waals surface area contributed by atoms with Crippen molar-refractivity contribution < 1.29 is 13.9 Å². The molecule has 1 fully saturated rings. The number of carbonyl (C=O) groups excluding carboxylic acids is 1. The highest BCUT2D eigenvalue weighted by Gasteiger charge is 2.34. The first-order valence-electron chi connectivity index (χ1n) is 11.8. The van der Waals surface area contributed by atoms with E-state index in [1.165, 1.54) is 10.1 Å². The number of carbonyl (C=O) groups is 1. The highest BCUT2D eigenvalue weighted by molar-refractivity contribution is 7.13. The van der Waals surface area contributed by atoms with Crippen molar-refractivity contribution in [1.29, 1.82) is 0 Å². The monoisotopic (exact) mass is 466 g/mol. The van der Waals surface area contributed by atoms with Gasteiger partial charge in [0.1, 0.15) is 5.82 Å². The maximum Gasteiger partial charge on any atom is 0.227 e. The molecule has 3 aliphatic rings. The molecular formula is C25H27FN4O2S. The van der Waals surface area contributed by atoms with Gasteiger partial charge in [-0.1, -0.05) is 12.1 Å². The minimum Gasteiger partial charge on any atom is -0.490 e. The summed E-state index contributed by atoms with van der Waals surface area (Å²) < 4.78 is 26.9. The number of halogens is 1. The molecule has 6 nitrogen and oxygen atoms in total. The van der Waals surface area contributed by atoms with E-state index in [2.05, 4.69) is 38.4 Å². The molecule has 3 aliphatic heterocycles. The predicted molar refractivity (Wildman–Crippen MR) is 129 cm³/mol. The fourth-order valence-electron chi connectivity index (χ4n) is 5.31. The van der Waals surface area contributed by atoms with Gasteiger partial charge in [-0.05, 0) is 54.6 Å². The lowest BCUT2D eigenvalue weighted by Crippen LogP contribution is -2.47. The Hall–Kier alpha value is -2.71. The summed E-state index contributed by atoms with van der Waals surface area (Å²) in [5.41, 5.74) is 2.51. The quantitative estimate of drug-likeness (QED) is 0.517. The Morgan fingerprint density at radius 3 is 2.79 bits per heavy atom. The molecule has 2 aromatic carbocycles. The van der Waals surface area contributed by atoms with Gasteiger partial charge in [-0.15, -0.1) is 0 Å². The van der Waals surface area contributed by atoms with Crippen LogP contribution in [0, 0.1) is 5.82 Å². The number of amides is 1. The van der Waals surface area contributed by atoms with Gasteiger partial charge in [0.25, 0.3) is 0 Å². The number of benzene rings is 2. The molecule has 0 bridgehead atoms. The molecule has 3 aromatic rings. The Kier molecular flexibility index (Phi) is 5.42. The summed E-state index contributed by atoms with van der Waals surface area (Å²) in [6, 6.07) is 10.2. The summed E-state index contributed by atoms with van der Waals surface area (Å²) >= 11 is 1.57. The van der Waals surface area contributed by atoms with E-state index in [4.69, 9.17) is 4.74 Å². The number of aromatic nitrogens is 1. The average Bonchev–Trinajstić information content (AvgIpc) is 3.47. The summed E-state index contributed by atoms with van der Waals surface area (Å²) in [5.74, 6) is 1.28. The fraction of sp³-hybridized carbons (Fsp3) is 0.440. The number of rotatable bonds is 6. The maximum atomic E-state index is 15.0. The van der Waals surface area contributed by atoms with Gasteiger partial charge >= 0.3 is 0 Å². The summed E-state index contributed by atoms with van der Waals surface area (Å²) in [6.07, 6.45) is 2.49. The zero-order valence-electron chi connectivity index (χ0n) is 18.6. The Morgan fingerprint density at radius 2 is 1.91 bits per heavy atom. The minimum absolute atomic E-state index is 0.109. The smallest absolute Gasteiger partial charge is 0.227 e. The van der Waals surface area contributed by atoms with Crippen LogP contribution in [-0.2, 0) is 17.6 Å². The summed E-state index contributed by atoms with van der Waals surface area (Å²) in [5, 5.41) is 1.24. The standard InChI is InChI=1S/C25H27FN4O2S/c26-23-19-6-7-22(31)30-10-8-17(24(19)30)16-20(23)32-15-3-9-28-11-13-29(14-12-28)25-18-4-1-2-5-21(18)33-27-25/h1-2,4-5,16H,3,6-15H2. The van der Waals surface area contributed by atoms with Crippen LogP contribution in [0.2, 0.25) is 0 Å². The topological polar surface area (TPSA) is 48.9 Å². The number of hydrogen-bond donors (Lipinski definition) is 0. The Bertz CT molecular complexity index is 1200. The van der Waals surface area contributed by atoms with Crippen molar-refractivity contribution in [1.82, 2.24) is 9.27 Å². The van der Waals surface area contributed by atoms with Gasteiger partial charge < -0.3 is 14.5 Å². The SMILES string of the molecule is O=C1CCc2c(F)c(OCCCN3CCN(c4nsc5ccccc45)CC3)cc3c2N1CC3. The van der Waals surface area contributed by atoms with Crippen LogP contribution < -0.4 is 14.5 Å². The van der Waals surface area contributed by atoms with Crippen molar-refractivity contribution in [2.45, 2.75) is 25.7 Å². The second-order valence-corrected chi connectivity index (χ2v) is 9.81. The third-order valence-corrected chi connectivity index (χ3v) is 7.86. The fourth-order valence-corrected chi connectivity index (χ4v) is 6.11. The number of nitrogens with zero attached hydrogens (tertiary/aromatic N) is 4. The van der Waals surface area contributed by atoms with E-state index in [0.29, 0.717) is 37.3 Å². The normalized spacial score (nSPS) is 18.3. The lowest BCUT2D eigenvalue weighted by Gasteiger charge is -2.35. The van der Waals surface area contributed by atoms with E-state index in [-0.39, 0.29) is 11.7 Å². The number of piperazine rings is 1. The molecule has 0 radical (unpaired) electrons. The zero-order valence-corrected chi connectivity index (χ0v) is 19.4. The first kappa shape index (κ1) is 20.9. The van der Waals surface area contributed by atoms with Gasteiger partial charge in [0.05, 0.1) is 17.0 Å². The van der Waals surface area contributed by atoms with Gasteiger partial charge in [0.2, 0.25) is 5.91 Å². The van der Waals surface area contributed by atoms with E-state index in [0.717, 1.165) is 62.6 Å². The minimum atomic E-state index is -0.280. The Labute approximate surface area is 196 Å². The van der Waals surface area contributed by atoms with Crippen molar-refractivity contribution in [2.24, 2.45) is 0 Å². The number of ether oxygens (including phenoxy) is 1. The van der Waals surface area contributed by atoms with Gasteiger partial charge in [-0.25, -0.2) is 4.39 Å². The van der Waals surface area contributed by atoms with Gasteiger partial charge in [-0.3, -0.25) is 9.69 Å². The number of anilines is 2. The molecule has 33 heavy (non-hydrogen) atoms. The first-order chi connectivity index (χ1) is 16.2. The second kappa shape index (κ2) is 8.57. The van der Waals surface area contributed by atoms with Gasteiger partial charge in [0, 0.05) is 56.6 Å². The predicted octanol–water partition coefficient (Wildman–Crippen LogP) is 3.86.